The lowest BCUT2D eigenvalue weighted by molar-refractivity contribution is 0.103. The summed E-state index contributed by atoms with van der Waals surface area (Å²) in [4.78, 5) is 0. The molecule has 0 bridgehead atoms. The lowest BCUT2D eigenvalue weighted by Crippen LogP contribution is -2.22. The van der Waals surface area contributed by atoms with E-state index < -0.39 is 6.10 Å². The maximum Gasteiger partial charge on any atom is 0.126 e. The van der Waals surface area contributed by atoms with E-state index in [2.05, 4.69) is 0 Å². The topological polar surface area (TPSA) is 40.5 Å². The predicted octanol–water partition coefficient (Wildman–Crippen LogP) is 1.41. The van der Waals surface area contributed by atoms with Gasteiger partial charge in [-0.1, -0.05) is 12.1 Å². The van der Waals surface area contributed by atoms with Gasteiger partial charge < -0.3 is 10.2 Å². The van der Waals surface area contributed by atoms with Crippen molar-refractivity contribution in [3.8, 4) is 0 Å². The molecule has 1 aliphatic rings. The third-order valence-electron chi connectivity index (χ3n) is 2.82. The van der Waals surface area contributed by atoms with Crippen molar-refractivity contribution in [3.05, 3.63) is 35.1 Å². The standard InChI is InChI=1S/C11H13FO2/c12-10-3-1-2-8-9(10)4-7(6-13)5-11(8)14/h1-3,7,11,13-14H,4-6H2. The Labute approximate surface area is 82.0 Å². The zero-order valence-corrected chi connectivity index (χ0v) is 7.78. The molecule has 0 radical (unpaired) electrons. The van der Waals surface area contributed by atoms with Gasteiger partial charge in [0.05, 0.1) is 6.10 Å². The Morgan fingerprint density at radius 1 is 1.43 bits per heavy atom. The molecule has 76 valence electrons. The van der Waals surface area contributed by atoms with Crippen LogP contribution in [0.25, 0.3) is 0 Å². The fourth-order valence-electron chi connectivity index (χ4n) is 2.06. The second kappa shape index (κ2) is 3.67. The lowest BCUT2D eigenvalue weighted by Gasteiger charge is -2.27. The summed E-state index contributed by atoms with van der Waals surface area (Å²) in [6.45, 7) is 0.00480. The van der Waals surface area contributed by atoms with Gasteiger partial charge in [-0.25, -0.2) is 4.39 Å². The summed E-state index contributed by atoms with van der Waals surface area (Å²) in [6.07, 6.45) is 0.411. The van der Waals surface area contributed by atoms with Gasteiger partial charge in [0.25, 0.3) is 0 Å². The van der Waals surface area contributed by atoms with Crippen LogP contribution in [0.5, 0.6) is 0 Å². The van der Waals surface area contributed by atoms with Crippen LogP contribution in [0.15, 0.2) is 18.2 Å². The van der Waals surface area contributed by atoms with Gasteiger partial charge in [-0.15, -0.1) is 0 Å². The second-order valence-electron chi connectivity index (χ2n) is 3.81. The number of halogens is 1. The molecule has 2 nitrogen and oxygen atoms in total. The third kappa shape index (κ3) is 1.53. The number of hydrogen-bond acceptors (Lipinski definition) is 2. The van der Waals surface area contributed by atoms with E-state index in [0.717, 1.165) is 0 Å². The summed E-state index contributed by atoms with van der Waals surface area (Å²) >= 11 is 0. The van der Waals surface area contributed by atoms with Gasteiger partial charge in [-0.05, 0) is 36.0 Å². The van der Waals surface area contributed by atoms with E-state index in [-0.39, 0.29) is 18.3 Å². The number of hydrogen-bond donors (Lipinski definition) is 2. The van der Waals surface area contributed by atoms with E-state index >= 15 is 0 Å². The first-order chi connectivity index (χ1) is 6.72. The fraction of sp³-hybridized carbons (Fsp3) is 0.455. The van der Waals surface area contributed by atoms with Gasteiger partial charge in [-0.3, -0.25) is 0 Å². The zero-order valence-electron chi connectivity index (χ0n) is 7.78. The van der Waals surface area contributed by atoms with Gasteiger partial charge in [-0.2, -0.15) is 0 Å². The third-order valence-corrected chi connectivity index (χ3v) is 2.82. The minimum Gasteiger partial charge on any atom is -0.396 e. The van der Waals surface area contributed by atoms with Crippen molar-refractivity contribution in [3.63, 3.8) is 0 Å². The van der Waals surface area contributed by atoms with E-state index in [1.54, 1.807) is 12.1 Å². The van der Waals surface area contributed by atoms with E-state index in [1.165, 1.54) is 6.07 Å². The van der Waals surface area contributed by atoms with Crippen molar-refractivity contribution in [1.82, 2.24) is 0 Å². The maximum atomic E-state index is 13.4. The van der Waals surface area contributed by atoms with Crippen molar-refractivity contribution >= 4 is 0 Å². The summed E-state index contributed by atoms with van der Waals surface area (Å²) in [7, 11) is 0. The molecule has 0 saturated heterocycles. The van der Waals surface area contributed by atoms with Crippen LogP contribution in [0.4, 0.5) is 4.39 Å². The van der Waals surface area contributed by atoms with Crippen molar-refractivity contribution in [2.45, 2.75) is 18.9 Å². The first kappa shape index (κ1) is 9.62. The SMILES string of the molecule is OCC1Cc2c(F)cccc2C(O)C1. The number of fused-ring (bicyclic) bond motifs is 1. The average Bonchev–Trinajstić information content (AvgIpc) is 2.19. The molecular formula is C11H13FO2. The zero-order chi connectivity index (χ0) is 10.1. The number of aliphatic hydroxyl groups is 2. The highest BCUT2D eigenvalue weighted by molar-refractivity contribution is 5.33. The number of aliphatic hydroxyl groups excluding tert-OH is 2. The van der Waals surface area contributed by atoms with Crippen molar-refractivity contribution in [2.75, 3.05) is 6.61 Å². The predicted molar refractivity (Wildman–Crippen MR) is 50.3 cm³/mol. The monoisotopic (exact) mass is 196 g/mol. The fourth-order valence-corrected chi connectivity index (χ4v) is 2.06. The Kier molecular flexibility index (Phi) is 2.52. The molecule has 1 aromatic carbocycles. The molecule has 0 aliphatic heterocycles. The van der Waals surface area contributed by atoms with Crippen LogP contribution in [0.2, 0.25) is 0 Å². The molecule has 14 heavy (non-hydrogen) atoms. The Balaban J connectivity index is 2.40. The summed E-state index contributed by atoms with van der Waals surface area (Å²) in [6, 6.07) is 4.75. The minimum absolute atomic E-state index is 0.00480. The molecule has 2 N–H and O–H groups in total. The molecule has 1 aliphatic carbocycles. The lowest BCUT2D eigenvalue weighted by atomic mass is 9.82. The number of benzene rings is 1. The second-order valence-corrected chi connectivity index (χ2v) is 3.81. The Bertz CT molecular complexity index is 338. The van der Waals surface area contributed by atoms with E-state index in [0.29, 0.717) is 24.0 Å². The van der Waals surface area contributed by atoms with Crippen LogP contribution < -0.4 is 0 Å². The molecule has 3 heteroatoms. The van der Waals surface area contributed by atoms with Crippen LogP contribution >= 0.6 is 0 Å². The molecule has 0 fully saturated rings. The van der Waals surface area contributed by atoms with Crippen LogP contribution in [0.1, 0.15) is 23.7 Å². The molecule has 0 saturated carbocycles. The molecule has 1 aromatic rings. The van der Waals surface area contributed by atoms with Crippen LogP contribution in [-0.4, -0.2) is 16.8 Å². The van der Waals surface area contributed by atoms with Crippen molar-refractivity contribution in [1.29, 1.82) is 0 Å². The summed E-state index contributed by atoms with van der Waals surface area (Å²) in [5.41, 5.74) is 1.24. The molecular weight excluding hydrogens is 183 g/mol. The van der Waals surface area contributed by atoms with E-state index in [1.807, 2.05) is 0 Å². The van der Waals surface area contributed by atoms with Crippen LogP contribution in [-0.2, 0) is 6.42 Å². The van der Waals surface area contributed by atoms with Gasteiger partial charge in [0.2, 0.25) is 0 Å². The molecule has 0 amide bonds. The van der Waals surface area contributed by atoms with Gasteiger partial charge >= 0.3 is 0 Å². The van der Waals surface area contributed by atoms with Crippen LogP contribution in [0, 0.1) is 11.7 Å². The largest absolute Gasteiger partial charge is 0.396 e. The quantitative estimate of drug-likeness (QED) is 0.713. The van der Waals surface area contributed by atoms with Gasteiger partial charge in [0.1, 0.15) is 5.82 Å². The summed E-state index contributed by atoms with van der Waals surface area (Å²) < 4.78 is 13.4. The number of rotatable bonds is 1. The normalized spacial score (nSPS) is 25.9. The minimum atomic E-state index is -0.633. The highest BCUT2D eigenvalue weighted by Gasteiger charge is 2.26. The first-order valence-corrected chi connectivity index (χ1v) is 4.78. The molecule has 2 unspecified atom stereocenters. The Morgan fingerprint density at radius 2 is 2.21 bits per heavy atom. The van der Waals surface area contributed by atoms with Crippen molar-refractivity contribution in [2.24, 2.45) is 5.92 Å². The molecule has 0 spiro atoms. The summed E-state index contributed by atoms with van der Waals surface area (Å²) in [5, 5.41) is 18.7. The van der Waals surface area contributed by atoms with Crippen LogP contribution in [0.3, 0.4) is 0 Å². The highest BCUT2D eigenvalue weighted by Crippen LogP contribution is 2.34. The molecule has 0 heterocycles. The average molecular weight is 196 g/mol. The van der Waals surface area contributed by atoms with E-state index in [4.69, 9.17) is 5.11 Å². The van der Waals surface area contributed by atoms with Gasteiger partial charge in [0, 0.05) is 6.61 Å². The van der Waals surface area contributed by atoms with Crippen molar-refractivity contribution < 1.29 is 14.6 Å². The van der Waals surface area contributed by atoms with E-state index in [9.17, 15) is 9.50 Å². The summed E-state index contributed by atoms with van der Waals surface area (Å²) in [5.74, 6) is -0.297. The Morgan fingerprint density at radius 3 is 2.93 bits per heavy atom. The Hall–Kier alpha value is -0.930. The van der Waals surface area contributed by atoms with Gasteiger partial charge in [0.15, 0.2) is 0 Å². The first-order valence-electron chi connectivity index (χ1n) is 4.78. The molecule has 2 rings (SSSR count). The smallest absolute Gasteiger partial charge is 0.126 e. The molecule has 0 aromatic heterocycles. The maximum absolute atomic E-state index is 13.4. The molecule has 2 atom stereocenters. The highest BCUT2D eigenvalue weighted by atomic mass is 19.1.